The lowest BCUT2D eigenvalue weighted by Gasteiger charge is -2.16. The zero-order valence-corrected chi connectivity index (χ0v) is 10.7. The number of nitrogens with one attached hydrogen (secondary N) is 1. The molecule has 2 atom stereocenters. The van der Waals surface area contributed by atoms with E-state index in [0.717, 1.165) is 6.42 Å². The monoisotopic (exact) mass is 237 g/mol. The van der Waals surface area contributed by atoms with Crippen molar-refractivity contribution < 1.29 is 13.5 Å². The molecule has 0 aromatic rings. The van der Waals surface area contributed by atoms with Gasteiger partial charge in [-0.05, 0) is 19.4 Å². The van der Waals surface area contributed by atoms with Crippen LogP contribution in [0.15, 0.2) is 0 Å². The Morgan fingerprint density at radius 1 is 1.33 bits per heavy atom. The molecule has 5 heteroatoms. The first-order chi connectivity index (χ1) is 6.95. The SMILES string of the molecule is CCC(C)CS(=O)(=O)CC(CCO)NC. The Bertz CT molecular complexity index is 251. The summed E-state index contributed by atoms with van der Waals surface area (Å²) in [6, 6.07) is -0.135. The van der Waals surface area contributed by atoms with Gasteiger partial charge in [0.25, 0.3) is 0 Å². The molecule has 0 saturated heterocycles. The van der Waals surface area contributed by atoms with Crippen molar-refractivity contribution in [3.8, 4) is 0 Å². The van der Waals surface area contributed by atoms with Crippen molar-refractivity contribution in [1.29, 1.82) is 0 Å². The smallest absolute Gasteiger partial charge is 0.152 e. The van der Waals surface area contributed by atoms with E-state index in [1.165, 1.54) is 0 Å². The molecule has 2 unspecified atom stereocenters. The number of rotatable bonds is 8. The summed E-state index contributed by atoms with van der Waals surface area (Å²) in [6.45, 7) is 3.95. The van der Waals surface area contributed by atoms with E-state index in [2.05, 4.69) is 5.32 Å². The molecule has 0 amide bonds. The molecule has 0 aromatic heterocycles. The van der Waals surface area contributed by atoms with E-state index in [4.69, 9.17) is 5.11 Å². The summed E-state index contributed by atoms with van der Waals surface area (Å²) in [7, 11) is -1.28. The molecule has 0 heterocycles. The molecule has 0 aliphatic rings. The number of hydrogen-bond acceptors (Lipinski definition) is 4. The predicted molar refractivity (Wildman–Crippen MR) is 62.7 cm³/mol. The third kappa shape index (κ3) is 6.87. The van der Waals surface area contributed by atoms with Crippen LogP contribution >= 0.6 is 0 Å². The van der Waals surface area contributed by atoms with Gasteiger partial charge in [-0.15, -0.1) is 0 Å². The molecule has 0 bridgehead atoms. The maximum Gasteiger partial charge on any atom is 0.152 e. The maximum atomic E-state index is 11.7. The lowest BCUT2D eigenvalue weighted by atomic mass is 10.2. The van der Waals surface area contributed by atoms with Crippen LogP contribution in [-0.4, -0.2) is 44.7 Å². The van der Waals surface area contributed by atoms with E-state index in [0.29, 0.717) is 6.42 Å². The van der Waals surface area contributed by atoms with Gasteiger partial charge >= 0.3 is 0 Å². The van der Waals surface area contributed by atoms with E-state index < -0.39 is 9.84 Å². The van der Waals surface area contributed by atoms with Crippen molar-refractivity contribution in [3.63, 3.8) is 0 Å². The molecule has 0 spiro atoms. The van der Waals surface area contributed by atoms with Gasteiger partial charge in [-0.2, -0.15) is 0 Å². The lowest BCUT2D eigenvalue weighted by molar-refractivity contribution is 0.272. The molecule has 2 N–H and O–H groups in total. The molecule has 0 radical (unpaired) electrons. The molecular formula is C10H23NO3S. The summed E-state index contributed by atoms with van der Waals surface area (Å²) < 4.78 is 23.4. The Kier molecular flexibility index (Phi) is 7.13. The van der Waals surface area contributed by atoms with Crippen molar-refractivity contribution in [2.24, 2.45) is 5.92 Å². The summed E-state index contributed by atoms with van der Waals surface area (Å²) in [6.07, 6.45) is 1.36. The van der Waals surface area contributed by atoms with Crippen molar-refractivity contribution >= 4 is 9.84 Å². The second-order valence-corrected chi connectivity index (χ2v) is 6.24. The molecule has 15 heavy (non-hydrogen) atoms. The van der Waals surface area contributed by atoms with Crippen LogP contribution in [0, 0.1) is 5.92 Å². The normalized spacial score (nSPS) is 16.3. The Balaban J connectivity index is 4.22. The van der Waals surface area contributed by atoms with Gasteiger partial charge in [0, 0.05) is 12.6 Å². The largest absolute Gasteiger partial charge is 0.396 e. The van der Waals surface area contributed by atoms with Crippen LogP contribution < -0.4 is 5.32 Å². The predicted octanol–water partition coefficient (Wildman–Crippen LogP) is 0.418. The number of aliphatic hydroxyl groups excluding tert-OH is 1. The standard InChI is InChI=1S/C10H23NO3S/c1-4-9(2)7-15(13,14)8-10(11-3)5-6-12/h9-12H,4-8H2,1-3H3. The highest BCUT2D eigenvalue weighted by Gasteiger charge is 2.19. The van der Waals surface area contributed by atoms with Crippen molar-refractivity contribution in [2.75, 3.05) is 25.2 Å². The van der Waals surface area contributed by atoms with Gasteiger partial charge in [-0.3, -0.25) is 0 Å². The maximum absolute atomic E-state index is 11.7. The quantitative estimate of drug-likeness (QED) is 0.642. The second kappa shape index (κ2) is 7.19. The van der Waals surface area contributed by atoms with Crippen molar-refractivity contribution in [1.82, 2.24) is 5.32 Å². The van der Waals surface area contributed by atoms with Gasteiger partial charge < -0.3 is 10.4 Å². The average molecular weight is 237 g/mol. The van der Waals surface area contributed by atoms with Crippen molar-refractivity contribution in [3.05, 3.63) is 0 Å². The minimum atomic E-state index is -3.00. The first kappa shape index (κ1) is 14.9. The summed E-state index contributed by atoms with van der Waals surface area (Å²) >= 11 is 0. The number of hydrogen-bond donors (Lipinski definition) is 2. The number of sulfone groups is 1. The molecule has 0 fully saturated rings. The highest BCUT2D eigenvalue weighted by molar-refractivity contribution is 7.91. The van der Waals surface area contributed by atoms with Crippen molar-refractivity contribution in [2.45, 2.75) is 32.7 Å². The topological polar surface area (TPSA) is 66.4 Å². The molecule has 92 valence electrons. The lowest BCUT2D eigenvalue weighted by Crippen LogP contribution is -2.35. The van der Waals surface area contributed by atoms with E-state index in [1.807, 2.05) is 13.8 Å². The molecule has 0 saturated carbocycles. The fourth-order valence-corrected chi connectivity index (χ4v) is 3.58. The van der Waals surface area contributed by atoms with Gasteiger partial charge in [-0.1, -0.05) is 20.3 Å². The van der Waals surface area contributed by atoms with Gasteiger partial charge in [-0.25, -0.2) is 8.42 Å². The van der Waals surface area contributed by atoms with Gasteiger partial charge in [0.05, 0.1) is 11.5 Å². The molecule has 0 aliphatic heterocycles. The van der Waals surface area contributed by atoms with E-state index in [9.17, 15) is 8.42 Å². The van der Waals surface area contributed by atoms with Crippen LogP contribution in [-0.2, 0) is 9.84 Å². The minimum absolute atomic E-state index is 0.0182. The van der Waals surface area contributed by atoms with Crippen LogP contribution in [0.25, 0.3) is 0 Å². The van der Waals surface area contributed by atoms with Crippen LogP contribution in [0.3, 0.4) is 0 Å². The highest BCUT2D eigenvalue weighted by atomic mass is 32.2. The first-order valence-electron chi connectivity index (χ1n) is 5.43. The summed E-state index contributed by atoms with van der Waals surface area (Å²) in [5.41, 5.74) is 0. The second-order valence-electron chi connectivity index (χ2n) is 4.09. The van der Waals surface area contributed by atoms with E-state index >= 15 is 0 Å². The Morgan fingerprint density at radius 3 is 2.33 bits per heavy atom. The summed E-state index contributed by atoms with van der Waals surface area (Å²) in [5, 5.41) is 11.7. The molecule has 0 rings (SSSR count). The fraction of sp³-hybridized carbons (Fsp3) is 1.00. The molecule has 0 aliphatic carbocycles. The van der Waals surface area contributed by atoms with Crippen LogP contribution in [0.4, 0.5) is 0 Å². The summed E-state index contributed by atoms with van der Waals surface area (Å²) in [5.74, 6) is 0.572. The Labute approximate surface area is 93.0 Å². The third-order valence-corrected chi connectivity index (χ3v) is 4.56. The zero-order valence-electron chi connectivity index (χ0n) is 9.86. The Hall–Kier alpha value is -0.130. The Morgan fingerprint density at radius 2 is 1.93 bits per heavy atom. The third-order valence-electron chi connectivity index (χ3n) is 2.58. The van der Waals surface area contributed by atoms with Crippen LogP contribution in [0.1, 0.15) is 26.7 Å². The van der Waals surface area contributed by atoms with Crippen LogP contribution in [0.2, 0.25) is 0 Å². The minimum Gasteiger partial charge on any atom is -0.396 e. The van der Waals surface area contributed by atoms with E-state index in [1.54, 1.807) is 7.05 Å². The highest BCUT2D eigenvalue weighted by Crippen LogP contribution is 2.08. The number of aliphatic hydroxyl groups is 1. The molecular weight excluding hydrogens is 214 g/mol. The molecule has 0 aromatic carbocycles. The van der Waals surface area contributed by atoms with Gasteiger partial charge in [0.1, 0.15) is 0 Å². The van der Waals surface area contributed by atoms with E-state index in [-0.39, 0.29) is 30.1 Å². The average Bonchev–Trinajstić information content (AvgIpc) is 2.15. The fourth-order valence-electron chi connectivity index (χ4n) is 1.39. The van der Waals surface area contributed by atoms with Gasteiger partial charge in [0.2, 0.25) is 0 Å². The molecule has 4 nitrogen and oxygen atoms in total. The van der Waals surface area contributed by atoms with Crippen LogP contribution in [0.5, 0.6) is 0 Å². The first-order valence-corrected chi connectivity index (χ1v) is 7.25. The zero-order chi connectivity index (χ0) is 11.9. The van der Waals surface area contributed by atoms with Gasteiger partial charge in [0.15, 0.2) is 9.84 Å². The summed E-state index contributed by atoms with van der Waals surface area (Å²) in [4.78, 5) is 0.